The number of carbonyl (C=O) groups is 1. The van der Waals surface area contributed by atoms with Crippen LogP contribution in [0.5, 0.6) is 0 Å². The van der Waals surface area contributed by atoms with E-state index in [9.17, 15) is 4.79 Å². The minimum atomic E-state index is -0.163. The lowest BCUT2D eigenvalue weighted by Gasteiger charge is -2.19. The van der Waals surface area contributed by atoms with Crippen molar-refractivity contribution in [3.05, 3.63) is 58.9 Å². The number of amides is 1. The summed E-state index contributed by atoms with van der Waals surface area (Å²) in [6, 6.07) is 8.69. The van der Waals surface area contributed by atoms with E-state index in [-0.39, 0.29) is 5.91 Å². The average molecular weight is 291 g/mol. The number of hydrazine groups is 1. The molecule has 0 radical (unpaired) electrons. The number of hydrogen-bond donors (Lipinski definition) is 2. The molecule has 6 heteroatoms. The summed E-state index contributed by atoms with van der Waals surface area (Å²) >= 11 is 5.93. The van der Waals surface area contributed by atoms with Gasteiger partial charge in [0.05, 0.1) is 11.3 Å². The fourth-order valence-corrected chi connectivity index (χ4v) is 2.03. The van der Waals surface area contributed by atoms with E-state index in [1.54, 1.807) is 42.5 Å². The number of aromatic nitrogens is 1. The summed E-state index contributed by atoms with van der Waals surface area (Å²) in [5.74, 6) is 5.25. The summed E-state index contributed by atoms with van der Waals surface area (Å²) in [5, 5.41) is 0.488. The zero-order valence-electron chi connectivity index (χ0n) is 11.0. The van der Waals surface area contributed by atoms with Crippen LogP contribution in [0.3, 0.4) is 0 Å². The molecule has 104 valence electrons. The van der Waals surface area contributed by atoms with E-state index in [2.05, 4.69) is 10.4 Å². The molecule has 1 aromatic heterocycles. The Hall–Kier alpha value is -2.11. The van der Waals surface area contributed by atoms with E-state index < -0.39 is 0 Å². The normalized spacial score (nSPS) is 10.2. The first-order valence-electron chi connectivity index (χ1n) is 6.02. The van der Waals surface area contributed by atoms with E-state index >= 15 is 0 Å². The lowest BCUT2D eigenvalue weighted by molar-refractivity contribution is 0.0786. The molecular weight excluding hydrogens is 276 g/mol. The molecule has 2 rings (SSSR count). The number of nitrogens with one attached hydrogen (secondary N) is 1. The number of carbonyl (C=O) groups excluding carboxylic acids is 1. The van der Waals surface area contributed by atoms with Crippen molar-refractivity contribution in [1.82, 2.24) is 9.88 Å². The Balaban J connectivity index is 2.20. The number of benzene rings is 1. The van der Waals surface area contributed by atoms with Gasteiger partial charge in [-0.1, -0.05) is 17.7 Å². The van der Waals surface area contributed by atoms with Crippen LogP contribution in [0.1, 0.15) is 15.9 Å². The van der Waals surface area contributed by atoms with Crippen molar-refractivity contribution in [2.75, 3.05) is 12.5 Å². The fourth-order valence-electron chi connectivity index (χ4n) is 1.86. The average Bonchev–Trinajstić information content (AvgIpc) is 2.47. The molecule has 0 saturated carbocycles. The molecule has 0 saturated heterocycles. The molecule has 0 fully saturated rings. The second-order valence-corrected chi connectivity index (χ2v) is 4.79. The summed E-state index contributed by atoms with van der Waals surface area (Å²) in [6.45, 7) is 0.462. The van der Waals surface area contributed by atoms with Gasteiger partial charge in [0, 0.05) is 31.0 Å². The van der Waals surface area contributed by atoms with Gasteiger partial charge in [-0.15, -0.1) is 0 Å². The molecule has 1 amide bonds. The van der Waals surface area contributed by atoms with Gasteiger partial charge < -0.3 is 10.3 Å². The Bertz CT molecular complexity index is 603. The van der Waals surface area contributed by atoms with E-state index in [1.165, 1.54) is 0 Å². The molecule has 1 aromatic carbocycles. The number of nitrogens with two attached hydrogens (primary N) is 1. The Morgan fingerprint density at radius 1 is 1.45 bits per heavy atom. The van der Waals surface area contributed by atoms with Crippen molar-refractivity contribution in [1.29, 1.82) is 0 Å². The van der Waals surface area contributed by atoms with Gasteiger partial charge in [-0.25, -0.2) is 0 Å². The molecule has 0 atom stereocenters. The lowest BCUT2D eigenvalue weighted by atomic mass is 10.1. The smallest absolute Gasteiger partial charge is 0.256 e. The number of hydrogen-bond acceptors (Lipinski definition) is 4. The molecule has 0 aliphatic rings. The van der Waals surface area contributed by atoms with Crippen molar-refractivity contribution in [3.8, 4) is 0 Å². The van der Waals surface area contributed by atoms with Gasteiger partial charge in [-0.05, 0) is 29.8 Å². The first-order chi connectivity index (χ1) is 9.61. The quantitative estimate of drug-likeness (QED) is 0.669. The van der Waals surface area contributed by atoms with Crippen LogP contribution in [0.25, 0.3) is 0 Å². The van der Waals surface area contributed by atoms with Gasteiger partial charge in [0.15, 0.2) is 0 Å². The minimum absolute atomic E-state index is 0.163. The van der Waals surface area contributed by atoms with Crippen LogP contribution in [0.15, 0.2) is 42.7 Å². The van der Waals surface area contributed by atoms with Crippen molar-refractivity contribution in [3.63, 3.8) is 0 Å². The molecule has 0 aliphatic heterocycles. The van der Waals surface area contributed by atoms with Crippen LogP contribution < -0.4 is 11.3 Å². The van der Waals surface area contributed by atoms with Crippen molar-refractivity contribution in [2.24, 2.45) is 5.84 Å². The van der Waals surface area contributed by atoms with E-state index in [1.807, 2.05) is 12.1 Å². The molecule has 2 aromatic rings. The Labute approximate surface area is 122 Å². The third-order valence-electron chi connectivity index (χ3n) is 2.86. The highest BCUT2D eigenvalue weighted by Gasteiger charge is 2.16. The highest BCUT2D eigenvalue weighted by molar-refractivity contribution is 6.31. The Morgan fingerprint density at radius 3 is 2.90 bits per heavy atom. The van der Waals surface area contributed by atoms with Crippen molar-refractivity contribution >= 4 is 23.2 Å². The van der Waals surface area contributed by atoms with Crippen LogP contribution in [-0.2, 0) is 6.54 Å². The predicted octanol–water partition coefficient (Wildman–Crippen LogP) is 2.29. The van der Waals surface area contributed by atoms with Crippen molar-refractivity contribution in [2.45, 2.75) is 6.54 Å². The Kier molecular flexibility index (Phi) is 4.55. The summed E-state index contributed by atoms with van der Waals surface area (Å²) in [4.78, 5) is 18.0. The van der Waals surface area contributed by atoms with E-state index in [0.29, 0.717) is 22.8 Å². The molecule has 3 N–H and O–H groups in total. The van der Waals surface area contributed by atoms with Gasteiger partial charge in [-0.3, -0.25) is 15.6 Å². The zero-order valence-corrected chi connectivity index (χ0v) is 11.8. The highest BCUT2D eigenvalue weighted by Crippen LogP contribution is 2.21. The maximum absolute atomic E-state index is 12.4. The van der Waals surface area contributed by atoms with Crippen LogP contribution >= 0.6 is 11.6 Å². The summed E-state index contributed by atoms with van der Waals surface area (Å²) < 4.78 is 0. The molecule has 5 nitrogen and oxygen atoms in total. The van der Waals surface area contributed by atoms with E-state index in [0.717, 1.165) is 5.56 Å². The lowest BCUT2D eigenvalue weighted by Crippen LogP contribution is -2.27. The van der Waals surface area contributed by atoms with Crippen LogP contribution in [0.4, 0.5) is 5.69 Å². The number of rotatable bonds is 4. The molecule has 0 unspecified atom stereocenters. The zero-order chi connectivity index (χ0) is 14.5. The summed E-state index contributed by atoms with van der Waals surface area (Å²) in [5.41, 5.74) is 4.43. The second-order valence-electron chi connectivity index (χ2n) is 4.36. The minimum Gasteiger partial charge on any atom is -0.337 e. The number of anilines is 1. The first-order valence-corrected chi connectivity index (χ1v) is 6.40. The SMILES string of the molecule is CN(Cc1cccnc1)C(=O)c1cc(Cl)ccc1NN. The molecule has 0 aliphatic carbocycles. The largest absolute Gasteiger partial charge is 0.337 e. The Morgan fingerprint density at radius 2 is 2.25 bits per heavy atom. The molecule has 20 heavy (non-hydrogen) atoms. The number of nitrogens with zero attached hydrogens (tertiary/aromatic N) is 2. The van der Waals surface area contributed by atoms with Gasteiger partial charge in [-0.2, -0.15) is 0 Å². The maximum atomic E-state index is 12.4. The standard InChI is InChI=1S/C14H15ClN4O/c1-19(9-10-3-2-6-17-8-10)14(20)12-7-11(15)4-5-13(12)18-16/h2-8,18H,9,16H2,1H3. The van der Waals surface area contributed by atoms with Crippen LogP contribution in [-0.4, -0.2) is 22.8 Å². The molecular formula is C14H15ClN4O. The van der Waals surface area contributed by atoms with Gasteiger partial charge >= 0.3 is 0 Å². The number of halogens is 1. The third kappa shape index (κ3) is 3.26. The van der Waals surface area contributed by atoms with Gasteiger partial charge in [0.25, 0.3) is 5.91 Å². The summed E-state index contributed by atoms with van der Waals surface area (Å²) in [7, 11) is 1.72. The second kappa shape index (κ2) is 6.36. The first kappa shape index (κ1) is 14.3. The van der Waals surface area contributed by atoms with Crippen LogP contribution in [0, 0.1) is 0 Å². The van der Waals surface area contributed by atoms with E-state index in [4.69, 9.17) is 17.4 Å². The van der Waals surface area contributed by atoms with Gasteiger partial charge in [0.1, 0.15) is 0 Å². The number of nitrogen functional groups attached to an aromatic ring is 1. The van der Waals surface area contributed by atoms with Crippen LogP contribution in [0.2, 0.25) is 5.02 Å². The number of pyridine rings is 1. The summed E-state index contributed by atoms with van der Waals surface area (Å²) in [6.07, 6.45) is 3.42. The molecule has 0 bridgehead atoms. The van der Waals surface area contributed by atoms with Gasteiger partial charge in [0.2, 0.25) is 0 Å². The monoisotopic (exact) mass is 290 g/mol. The van der Waals surface area contributed by atoms with Crippen molar-refractivity contribution < 1.29 is 4.79 Å². The predicted molar refractivity (Wildman–Crippen MR) is 79.3 cm³/mol. The third-order valence-corrected chi connectivity index (χ3v) is 3.09. The maximum Gasteiger partial charge on any atom is 0.256 e. The topological polar surface area (TPSA) is 71.2 Å². The highest BCUT2D eigenvalue weighted by atomic mass is 35.5. The fraction of sp³-hybridized carbons (Fsp3) is 0.143. The molecule has 1 heterocycles. The molecule has 0 spiro atoms.